The molecule has 0 bridgehead atoms. The van der Waals surface area contributed by atoms with Crippen LogP contribution < -0.4 is 4.74 Å². The van der Waals surface area contributed by atoms with E-state index in [0.717, 1.165) is 24.7 Å². The molecule has 3 atom stereocenters. The van der Waals surface area contributed by atoms with E-state index in [1.165, 1.54) is 75.6 Å². The van der Waals surface area contributed by atoms with Gasteiger partial charge in [0.15, 0.2) is 0 Å². The molecule has 6 heteroatoms. The third kappa shape index (κ3) is 6.81. The summed E-state index contributed by atoms with van der Waals surface area (Å²) in [5.74, 6) is 1.51. The van der Waals surface area contributed by atoms with Gasteiger partial charge in [-0.15, -0.1) is 0 Å². The summed E-state index contributed by atoms with van der Waals surface area (Å²) in [5.41, 5.74) is 0.390. The van der Waals surface area contributed by atoms with Gasteiger partial charge in [-0.3, -0.25) is 9.35 Å². The van der Waals surface area contributed by atoms with E-state index in [-0.39, 0.29) is 10.9 Å². The molecule has 1 aliphatic carbocycles. The molecule has 1 saturated carbocycles. The van der Waals surface area contributed by atoms with Crippen LogP contribution in [0.3, 0.4) is 0 Å². The molecule has 170 valence electrons. The van der Waals surface area contributed by atoms with Gasteiger partial charge in [0.25, 0.3) is 10.1 Å². The Labute approximate surface area is 182 Å². The van der Waals surface area contributed by atoms with Crippen LogP contribution >= 0.6 is 0 Å². The molecule has 0 saturated heterocycles. The fourth-order valence-corrected chi connectivity index (χ4v) is 5.56. The number of esters is 1. The Morgan fingerprint density at radius 1 is 1.03 bits per heavy atom. The van der Waals surface area contributed by atoms with Crippen molar-refractivity contribution >= 4 is 16.1 Å². The van der Waals surface area contributed by atoms with E-state index >= 15 is 0 Å². The number of hydrogen-bond donors (Lipinski definition) is 1. The van der Waals surface area contributed by atoms with Gasteiger partial charge in [0.2, 0.25) is 0 Å². The van der Waals surface area contributed by atoms with Gasteiger partial charge < -0.3 is 4.74 Å². The zero-order valence-electron chi connectivity index (χ0n) is 18.7. The number of carbonyl (C=O) groups is 1. The first kappa shape index (κ1) is 24.9. The Morgan fingerprint density at radius 3 is 2.27 bits per heavy atom. The fourth-order valence-electron chi connectivity index (χ4n) is 5.08. The van der Waals surface area contributed by atoms with Gasteiger partial charge in [0, 0.05) is 6.42 Å². The highest BCUT2D eigenvalue weighted by atomic mass is 32.2. The minimum atomic E-state index is -4.24. The zero-order valence-corrected chi connectivity index (χ0v) is 19.5. The maximum atomic E-state index is 12.2. The standard InChI is InChI=1S/C24H38O5S/c1-4-6-7-8-9-10-12-22-19(3)24(22,5-2)18-11-13-23(25)29-20-14-16-21(17-15-20)30(26,27)28/h14-17,19,22H,4-13,18H2,1-3H3,(H,26,27,28). The third-order valence-electron chi connectivity index (χ3n) is 7.04. The maximum absolute atomic E-state index is 12.2. The Balaban J connectivity index is 1.71. The predicted octanol–water partition coefficient (Wildman–Crippen LogP) is 6.42. The van der Waals surface area contributed by atoms with E-state index in [1.807, 2.05) is 0 Å². The lowest BCUT2D eigenvalue weighted by Gasteiger charge is -2.16. The van der Waals surface area contributed by atoms with E-state index < -0.39 is 10.1 Å². The van der Waals surface area contributed by atoms with Crippen molar-refractivity contribution in [2.75, 3.05) is 0 Å². The van der Waals surface area contributed by atoms with Crippen molar-refractivity contribution in [3.8, 4) is 5.75 Å². The number of ether oxygens (including phenoxy) is 1. The molecular formula is C24H38O5S. The highest BCUT2D eigenvalue weighted by molar-refractivity contribution is 7.85. The lowest BCUT2D eigenvalue weighted by Crippen LogP contribution is -2.10. The molecule has 0 radical (unpaired) electrons. The van der Waals surface area contributed by atoms with Gasteiger partial charge in [-0.1, -0.05) is 59.3 Å². The van der Waals surface area contributed by atoms with Crippen molar-refractivity contribution in [1.29, 1.82) is 0 Å². The van der Waals surface area contributed by atoms with Crippen LogP contribution in [0.25, 0.3) is 0 Å². The van der Waals surface area contributed by atoms with Crippen molar-refractivity contribution in [1.82, 2.24) is 0 Å². The molecule has 0 aromatic heterocycles. The van der Waals surface area contributed by atoms with Crippen molar-refractivity contribution in [2.24, 2.45) is 17.3 Å². The van der Waals surface area contributed by atoms with E-state index in [1.54, 1.807) is 0 Å². The zero-order chi connectivity index (χ0) is 22.2. The summed E-state index contributed by atoms with van der Waals surface area (Å²) in [5, 5.41) is 0. The highest BCUT2D eigenvalue weighted by Crippen LogP contribution is 2.65. The number of benzene rings is 1. The highest BCUT2D eigenvalue weighted by Gasteiger charge is 2.58. The Kier molecular flexibility index (Phi) is 9.35. The second kappa shape index (κ2) is 11.3. The van der Waals surface area contributed by atoms with Crippen LogP contribution in [0.1, 0.15) is 91.4 Å². The molecular weight excluding hydrogens is 400 g/mol. The number of carbonyl (C=O) groups excluding carboxylic acids is 1. The van der Waals surface area contributed by atoms with Crippen LogP contribution in [-0.4, -0.2) is 18.9 Å². The Morgan fingerprint density at radius 2 is 1.67 bits per heavy atom. The van der Waals surface area contributed by atoms with Crippen LogP contribution in [0.4, 0.5) is 0 Å². The van der Waals surface area contributed by atoms with Crippen LogP contribution in [0, 0.1) is 17.3 Å². The van der Waals surface area contributed by atoms with E-state index in [2.05, 4.69) is 20.8 Å². The first-order valence-electron chi connectivity index (χ1n) is 11.5. The van der Waals surface area contributed by atoms with Gasteiger partial charge in [0.05, 0.1) is 4.90 Å². The lowest BCUT2D eigenvalue weighted by atomic mass is 9.90. The first-order valence-corrected chi connectivity index (χ1v) is 13.0. The third-order valence-corrected chi connectivity index (χ3v) is 7.91. The molecule has 1 fully saturated rings. The van der Waals surface area contributed by atoms with Gasteiger partial charge in [0.1, 0.15) is 5.75 Å². The molecule has 3 unspecified atom stereocenters. The van der Waals surface area contributed by atoms with Crippen molar-refractivity contribution < 1.29 is 22.5 Å². The number of rotatable bonds is 14. The van der Waals surface area contributed by atoms with Gasteiger partial charge in [-0.2, -0.15) is 8.42 Å². The summed E-state index contributed by atoms with van der Waals surface area (Å²) in [6.07, 6.45) is 12.7. The van der Waals surface area contributed by atoms with Gasteiger partial charge >= 0.3 is 5.97 Å². The summed E-state index contributed by atoms with van der Waals surface area (Å²) in [7, 11) is -4.24. The van der Waals surface area contributed by atoms with Crippen molar-refractivity contribution in [3.05, 3.63) is 24.3 Å². The molecule has 1 aliphatic rings. The topological polar surface area (TPSA) is 80.7 Å². The quantitative estimate of drug-likeness (QED) is 0.157. The van der Waals surface area contributed by atoms with Crippen LogP contribution in [0.15, 0.2) is 29.2 Å². The molecule has 5 nitrogen and oxygen atoms in total. The van der Waals surface area contributed by atoms with Crippen LogP contribution in [0.5, 0.6) is 5.75 Å². The minimum Gasteiger partial charge on any atom is -0.427 e. The fraction of sp³-hybridized carbons (Fsp3) is 0.708. The molecule has 30 heavy (non-hydrogen) atoms. The second-order valence-electron chi connectivity index (χ2n) is 8.81. The molecule has 2 rings (SSSR count). The molecule has 1 N–H and O–H groups in total. The summed E-state index contributed by atoms with van der Waals surface area (Å²) in [6.45, 7) is 6.88. The largest absolute Gasteiger partial charge is 0.427 e. The van der Waals surface area contributed by atoms with Crippen molar-refractivity contribution in [2.45, 2.75) is 96.3 Å². The molecule has 0 aliphatic heterocycles. The van der Waals surface area contributed by atoms with Crippen LogP contribution in [0.2, 0.25) is 0 Å². The van der Waals surface area contributed by atoms with Crippen LogP contribution in [-0.2, 0) is 14.9 Å². The average molecular weight is 439 g/mol. The van der Waals surface area contributed by atoms with E-state index in [9.17, 15) is 13.2 Å². The van der Waals surface area contributed by atoms with Gasteiger partial charge in [-0.25, -0.2) is 0 Å². The number of unbranched alkanes of at least 4 members (excludes halogenated alkanes) is 5. The molecule has 1 aromatic rings. The second-order valence-corrected chi connectivity index (χ2v) is 10.2. The molecule has 1 aromatic carbocycles. The predicted molar refractivity (Wildman–Crippen MR) is 119 cm³/mol. The minimum absolute atomic E-state index is 0.216. The maximum Gasteiger partial charge on any atom is 0.311 e. The molecule has 0 spiro atoms. The normalized spacial score (nSPS) is 23.3. The first-order chi connectivity index (χ1) is 14.2. The molecule has 0 heterocycles. The summed E-state index contributed by atoms with van der Waals surface area (Å²) in [4.78, 5) is 11.9. The monoisotopic (exact) mass is 438 g/mol. The lowest BCUT2D eigenvalue weighted by molar-refractivity contribution is -0.134. The Bertz CT molecular complexity index is 771. The smallest absolute Gasteiger partial charge is 0.311 e. The van der Waals surface area contributed by atoms with E-state index in [0.29, 0.717) is 17.6 Å². The summed E-state index contributed by atoms with van der Waals surface area (Å²) in [6, 6.07) is 5.22. The summed E-state index contributed by atoms with van der Waals surface area (Å²) >= 11 is 0. The van der Waals surface area contributed by atoms with E-state index in [4.69, 9.17) is 9.29 Å². The molecule has 0 amide bonds. The van der Waals surface area contributed by atoms with Crippen molar-refractivity contribution in [3.63, 3.8) is 0 Å². The Hall–Kier alpha value is -1.40. The summed E-state index contributed by atoms with van der Waals surface area (Å²) < 4.78 is 36.4. The SMILES string of the molecule is CCCCCCCCC1C(C)C1(CC)CCCC(=O)Oc1ccc(S(=O)(=O)O)cc1. The average Bonchev–Trinajstić information content (AvgIpc) is 3.26. The van der Waals surface area contributed by atoms with Gasteiger partial charge in [-0.05, 0) is 67.2 Å². The number of hydrogen-bond acceptors (Lipinski definition) is 4.